The Labute approximate surface area is 204 Å². The van der Waals surface area contributed by atoms with Gasteiger partial charge in [0.15, 0.2) is 0 Å². The van der Waals surface area contributed by atoms with Crippen molar-refractivity contribution >= 4 is 69.2 Å². The van der Waals surface area contributed by atoms with E-state index in [-0.39, 0.29) is 0 Å². The minimum absolute atomic E-state index is 0.591. The Morgan fingerprint density at radius 3 is 1.79 bits per heavy atom. The van der Waals surface area contributed by atoms with E-state index in [1.165, 1.54) is 48.0 Å². The van der Waals surface area contributed by atoms with Crippen LogP contribution in [0.15, 0.2) is 48.5 Å². The molecule has 0 N–H and O–H groups in total. The number of benzene rings is 2. The first-order valence-electron chi connectivity index (χ1n) is 10.3. The van der Waals surface area contributed by atoms with Crippen LogP contribution in [-0.4, -0.2) is 41.8 Å². The van der Waals surface area contributed by atoms with Crippen LogP contribution in [0.3, 0.4) is 0 Å². The fraction of sp³-hybridized carbons (Fsp3) is 0.478. The van der Waals surface area contributed by atoms with Crippen molar-refractivity contribution in [2.45, 2.75) is 55.0 Å². The summed E-state index contributed by atoms with van der Waals surface area (Å²) in [4.78, 5) is 0. The van der Waals surface area contributed by atoms with Gasteiger partial charge in [0.05, 0.1) is 0 Å². The molecule has 0 aliphatic carbocycles. The second-order valence-electron chi connectivity index (χ2n) is 7.27. The zero-order valence-electron chi connectivity index (χ0n) is 17.3. The van der Waals surface area contributed by atoms with E-state index in [0.717, 1.165) is 41.6 Å². The summed E-state index contributed by atoms with van der Waals surface area (Å²) in [7, 11) is 0. The van der Waals surface area contributed by atoms with Gasteiger partial charge >= 0.3 is 206 Å². The van der Waals surface area contributed by atoms with Crippen LogP contribution >= 0.6 is 27.9 Å². The van der Waals surface area contributed by atoms with Crippen molar-refractivity contribution in [1.82, 2.24) is 0 Å². The molecule has 0 saturated carbocycles. The number of hydrogen-bond acceptors (Lipinski definition) is 1. The van der Waals surface area contributed by atoms with Gasteiger partial charge in [0.25, 0.3) is 0 Å². The number of hydrogen-bond donors (Lipinski definition) is 0. The summed E-state index contributed by atoms with van der Waals surface area (Å²) in [5, 5.41) is 3.04. The van der Waals surface area contributed by atoms with Crippen LogP contribution in [0, 0.1) is 0 Å². The van der Waals surface area contributed by atoms with E-state index in [0.29, 0.717) is 14.5 Å². The van der Waals surface area contributed by atoms with Gasteiger partial charge in [-0.25, -0.2) is 0 Å². The van der Waals surface area contributed by atoms with E-state index in [1.807, 2.05) is 24.3 Å². The van der Waals surface area contributed by atoms with Crippen LogP contribution in [0.2, 0.25) is 19.1 Å². The van der Waals surface area contributed by atoms with Crippen LogP contribution in [0.25, 0.3) is 0 Å². The van der Waals surface area contributed by atoms with Crippen molar-refractivity contribution in [3.8, 4) is 0 Å². The summed E-state index contributed by atoms with van der Waals surface area (Å²) < 4.78 is -0.485. The molecule has 29 heavy (non-hydrogen) atoms. The van der Waals surface area contributed by atoms with Gasteiger partial charge in [0.1, 0.15) is 0 Å². The van der Waals surface area contributed by atoms with E-state index >= 15 is 0 Å². The summed E-state index contributed by atoms with van der Waals surface area (Å²) in [6.45, 7) is 4.76. The molecule has 0 aliphatic rings. The van der Waals surface area contributed by atoms with Gasteiger partial charge < -0.3 is 0 Å². The maximum atomic E-state index is 6.43. The second-order valence-corrected chi connectivity index (χ2v) is 26.3. The average molecular weight is 599 g/mol. The molecular weight excluding hydrogens is 568 g/mol. The van der Waals surface area contributed by atoms with Gasteiger partial charge in [-0.1, -0.05) is 0 Å². The maximum absolute atomic E-state index is 6.43. The Kier molecular flexibility index (Phi) is 12.5. The normalized spacial score (nSPS) is 12.8. The molecule has 0 aromatic heterocycles. The third kappa shape index (κ3) is 10.7. The molecule has 2 aromatic carbocycles. The average Bonchev–Trinajstić information content (AvgIpc) is 2.70. The summed E-state index contributed by atoms with van der Waals surface area (Å²) in [5.41, 5.74) is 2.74. The zero-order chi connectivity index (χ0) is 21.1. The van der Waals surface area contributed by atoms with Crippen molar-refractivity contribution in [2.75, 3.05) is 12.3 Å². The Hall–Kier alpha value is 0.709. The van der Waals surface area contributed by atoms with Crippen LogP contribution < -0.4 is 0 Å². The molecule has 0 radical (unpaired) electrons. The Balaban J connectivity index is 1.98. The van der Waals surface area contributed by atoms with Crippen molar-refractivity contribution in [2.24, 2.45) is 0 Å². The molecular formula is C23H31Cl2PSSe2. The predicted octanol–water partition coefficient (Wildman–Crippen LogP) is 7.96. The topological polar surface area (TPSA) is 0 Å². The first-order chi connectivity index (χ1) is 13.9. The third-order valence-corrected chi connectivity index (χ3v) is 23.2. The fourth-order valence-electron chi connectivity index (χ4n) is 3.02. The summed E-state index contributed by atoms with van der Waals surface area (Å²) in [6, 6.07) is 16.6. The summed E-state index contributed by atoms with van der Waals surface area (Å²) in [6.07, 6.45) is 8.65. The quantitative estimate of drug-likeness (QED) is 0.128. The van der Waals surface area contributed by atoms with Crippen molar-refractivity contribution in [3.63, 3.8) is 0 Å². The zero-order valence-corrected chi connectivity index (χ0v) is 23.9. The van der Waals surface area contributed by atoms with Crippen LogP contribution in [0.5, 0.6) is 0 Å². The number of halogens is 2. The summed E-state index contributed by atoms with van der Waals surface area (Å²) >= 11 is 19.9. The Morgan fingerprint density at radius 1 is 0.862 bits per heavy atom. The number of rotatable bonds is 13. The van der Waals surface area contributed by atoms with Crippen LogP contribution in [0.1, 0.15) is 44.2 Å². The molecule has 6 heteroatoms. The molecule has 2 aromatic rings. The van der Waals surface area contributed by atoms with E-state index in [2.05, 4.69) is 38.1 Å². The van der Waals surface area contributed by atoms with Crippen LogP contribution in [-0.2, 0) is 24.6 Å². The van der Waals surface area contributed by atoms with Crippen molar-refractivity contribution in [1.29, 1.82) is 0 Å². The monoisotopic (exact) mass is 600 g/mol. The van der Waals surface area contributed by atoms with Crippen molar-refractivity contribution in [3.05, 3.63) is 69.7 Å². The van der Waals surface area contributed by atoms with Crippen molar-refractivity contribution < 1.29 is 0 Å². The van der Waals surface area contributed by atoms with Gasteiger partial charge in [0.2, 0.25) is 0 Å². The second kappa shape index (κ2) is 14.0. The van der Waals surface area contributed by atoms with E-state index in [4.69, 9.17) is 35.0 Å². The molecule has 0 amide bonds. The van der Waals surface area contributed by atoms with E-state index in [1.54, 1.807) is 0 Å². The molecule has 0 fully saturated rings. The molecule has 1 unspecified atom stereocenters. The SMILES string of the molecule is CCCCC[Se]C(C)[Se]P(=S)(CCc1ccc(Cl)cc1)CCc1ccc(Cl)cc1. The standard InChI is InChI=1S/C23H31Cl2PSSe2/c1-3-4-5-18-28-19(2)29-26(27,16-14-20-6-10-22(24)11-7-20)17-15-21-8-12-23(25)13-9-21/h6-13,19H,3-5,14-18H2,1-2H3. The molecule has 2 rings (SSSR count). The Bertz CT molecular complexity index is 712. The Morgan fingerprint density at radius 2 is 1.34 bits per heavy atom. The molecule has 0 nitrogen and oxygen atoms in total. The van der Waals surface area contributed by atoms with Crippen LogP contribution in [0.4, 0.5) is 0 Å². The predicted molar refractivity (Wildman–Crippen MR) is 140 cm³/mol. The van der Waals surface area contributed by atoms with Gasteiger partial charge in [-0.2, -0.15) is 0 Å². The molecule has 0 aliphatic heterocycles. The number of aryl methyl sites for hydroxylation is 2. The van der Waals surface area contributed by atoms with E-state index in [9.17, 15) is 0 Å². The van der Waals surface area contributed by atoms with Gasteiger partial charge in [-0.15, -0.1) is 0 Å². The molecule has 0 spiro atoms. The van der Waals surface area contributed by atoms with Gasteiger partial charge in [0, 0.05) is 0 Å². The summed E-state index contributed by atoms with van der Waals surface area (Å²) in [5.74, 6) is 0. The molecule has 160 valence electrons. The van der Waals surface area contributed by atoms with Gasteiger partial charge in [-0.05, 0) is 0 Å². The van der Waals surface area contributed by atoms with E-state index < -0.39 is 4.73 Å². The molecule has 0 saturated heterocycles. The third-order valence-electron chi connectivity index (χ3n) is 4.75. The fourth-order valence-corrected chi connectivity index (χ4v) is 26.2. The molecule has 1 atom stereocenters. The van der Waals surface area contributed by atoms with Gasteiger partial charge in [-0.3, -0.25) is 0 Å². The number of unbranched alkanes of at least 4 members (excludes halogenated alkanes) is 2. The first-order valence-corrected chi connectivity index (χ1v) is 19.6. The minimum atomic E-state index is -1.34. The molecule has 0 heterocycles. The first kappa shape index (κ1) is 26.0. The molecule has 0 bridgehead atoms.